The zero-order valence-electron chi connectivity index (χ0n) is 11.6. The minimum atomic E-state index is 0.771. The molecule has 98 valence electrons. The summed E-state index contributed by atoms with van der Waals surface area (Å²) in [5, 5.41) is 3.61. The van der Waals surface area contributed by atoms with Crippen LogP contribution in [-0.4, -0.2) is 19.6 Å². The normalized spacial score (nSPS) is 15.0. The molecule has 0 rings (SSSR count). The maximum Gasteiger partial charge on any atom is -0.00205 e. The van der Waals surface area contributed by atoms with Gasteiger partial charge in [-0.2, -0.15) is 0 Å². The molecular formula is C14H32N2. The highest BCUT2D eigenvalue weighted by atomic mass is 14.9. The molecule has 0 saturated heterocycles. The van der Waals surface area contributed by atoms with Gasteiger partial charge in [-0.05, 0) is 50.7 Å². The molecule has 0 fully saturated rings. The molecular weight excluding hydrogens is 196 g/mol. The first-order valence-corrected chi connectivity index (χ1v) is 7.15. The van der Waals surface area contributed by atoms with E-state index in [1.807, 2.05) is 0 Å². The summed E-state index contributed by atoms with van der Waals surface area (Å²) in [5.41, 5.74) is 5.51. The third kappa shape index (κ3) is 9.17. The minimum absolute atomic E-state index is 0.771. The van der Waals surface area contributed by atoms with Crippen molar-refractivity contribution in [1.29, 1.82) is 0 Å². The molecule has 2 nitrogen and oxygen atoms in total. The number of unbranched alkanes of at least 4 members (excludes halogenated alkanes) is 1. The Balaban J connectivity index is 3.45. The molecule has 0 radical (unpaired) electrons. The molecule has 0 amide bonds. The van der Waals surface area contributed by atoms with Crippen LogP contribution >= 0.6 is 0 Å². The summed E-state index contributed by atoms with van der Waals surface area (Å²) in [6.45, 7) is 10.1. The van der Waals surface area contributed by atoms with Crippen molar-refractivity contribution in [3.8, 4) is 0 Å². The van der Waals surface area contributed by atoms with Gasteiger partial charge < -0.3 is 11.1 Å². The molecule has 2 atom stereocenters. The molecule has 0 aliphatic carbocycles. The molecule has 0 aliphatic heterocycles. The van der Waals surface area contributed by atoms with Crippen molar-refractivity contribution >= 4 is 0 Å². The van der Waals surface area contributed by atoms with Crippen LogP contribution < -0.4 is 11.1 Å². The van der Waals surface area contributed by atoms with Crippen LogP contribution in [0.5, 0.6) is 0 Å². The Morgan fingerprint density at radius 2 is 1.81 bits per heavy atom. The summed E-state index contributed by atoms with van der Waals surface area (Å²) in [7, 11) is 0. The van der Waals surface area contributed by atoms with Crippen LogP contribution in [-0.2, 0) is 0 Å². The lowest BCUT2D eigenvalue weighted by Gasteiger charge is -2.17. The van der Waals surface area contributed by atoms with E-state index in [0.29, 0.717) is 0 Å². The van der Waals surface area contributed by atoms with E-state index in [1.54, 1.807) is 0 Å². The molecule has 2 unspecified atom stereocenters. The molecule has 0 spiro atoms. The van der Waals surface area contributed by atoms with E-state index in [9.17, 15) is 0 Å². The van der Waals surface area contributed by atoms with Gasteiger partial charge in [0.15, 0.2) is 0 Å². The number of nitrogens with two attached hydrogens (primary N) is 1. The van der Waals surface area contributed by atoms with Crippen LogP contribution in [0, 0.1) is 11.8 Å². The van der Waals surface area contributed by atoms with E-state index >= 15 is 0 Å². The zero-order chi connectivity index (χ0) is 12.2. The second-order valence-corrected chi connectivity index (χ2v) is 5.11. The maximum atomic E-state index is 5.51. The van der Waals surface area contributed by atoms with Crippen LogP contribution in [0.4, 0.5) is 0 Å². The van der Waals surface area contributed by atoms with Crippen molar-refractivity contribution in [3.05, 3.63) is 0 Å². The van der Waals surface area contributed by atoms with Crippen LogP contribution in [0.2, 0.25) is 0 Å². The molecule has 0 aromatic carbocycles. The Morgan fingerprint density at radius 1 is 1.06 bits per heavy atom. The summed E-state index contributed by atoms with van der Waals surface area (Å²) in [4.78, 5) is 0. The molecule has 16 heavy (non-hydrogen) atoms. The van der Waals surface area contributed by atoms with Crippen molar-refractivity contribution in [1.82, 2.24) is 5.32 Å². The molecule has 2 heteroatoms. The molecule has 0 heterocycles. The topological polar surface area (TPSA) is 38.0 Å². The van der Waals surface area contributed by atoms with Gasteiger partial charge in [0.05, 0.1) is 0 Å². The smallest absolute Gasteiger partial charge is 0.00205 e. The second kappa shape index (κ2) is 11.4. The summed E-state index contributed by atoms with van der Waals surface area (Å²) >= 11 is 0. The average Bonchev–Trinajstić information content (AvgIpc) is 2.30. The van der Waals surface area contributed by atoms with E-state index in [1.165, 1.54) is 38.6 Å². The average molecular weight is 228 g/mol. The molecule has 3 N–H and O–H groups in total. The lowest BCUT2D eigenvalue weighted by Crippen LogP contribution is -2.27. The molecule has 0 bridgehead atoms. The summed E-state index contributed by atoms with van der Waals surface area (Å²) < 4.78 is 0. The first-order chi connectivity index (χ1) is 7.74. The fourth-order valence-electron chi connectivity index (χ4n) is 2.05. The Labute approximate surface area is 102 Å². The quantitative estimate of drug-likeness (QED) is 0.570. The van der Waals surface area contributed by atoms with Gasteiger partial charge in [0.1, 0.15) is 0 Å². The number of nitrogens with one attached hydrogen (secondary N) is 1. The van der Waals surface area contributed by atoms with Crippen LogP contribution in [0.15, 0.2) is 0 Å². The van der Waals surface area contributed by atoms with Gasteiger partial charge >= 0.3 is 0 Å². The van der Waals surface area contributed by atoms with Crippen molar-refractivity contribution < 1.29 is 0 Å². The Bertz CT molecular complexity index is 137. The highest BCUT2D eigenvalue weighted by Crippen LogP contribution is 2.11. The van der Waals surface area contributed by atoms with Gasteiger partial charge in [-0.25, -0.2) is 0 Å². The number of rotatable bonds is 11. The van der Waals surface area contributed by atoms with Crippen molar-refractivity contribution in [2.45, 2.75) is 59.3 Å². The fraction of sp³-hybridized carbons (Fsp3) is 1.00. The van der Waals surface area contributed by atoms with Gasteiger partial charge in [0, 0.05) is 0 Å². The number of hydrogen-bond donors (Lipinski definition) is 2. The SMILES string of the molecule is CCCCC(CC)CNCC(C)CCCN. The summed E-state index contributed by atoms with van der Waals surface area (Å²) in [6, 6.07) is 0. The Morgan fingerprint density at radius 3 is 2.38 bits per heavy atom. The van der Waals surface area contributed by atoms with Crippen molar-refractivity contribution in [2.24, 2.45) is 17.6 Å². The lowest BCUT2D eigenvalue weighted by atomic mass is 9.99. The largest absolute Gasteiger partial charge is 0.330 e. The van der Waals surface area contributed by atoms with Crippen LogP contribution in [0.3, 0.4) is 0 Å². The second-order valence-electron chi connectivity index (χ2n) is 5.11. The first-order valence-electron chi connectivity index (χ1n) is 7.15. The predicted molar refractivity (Wildman–Crippen MR) is 73.6 cm³/mol. The van der Waals surface area contributed by atoms with E-state index in [-0.39, 0.29) is 0 Å². The summed E-state index contributed by atoms with van der Waals surface area (Å²) in [6.07, 6.45) is 7.82. The Kier molecular flexibility index (Phi) is 11.3. The predicted octanol–water partition coefficient (Wildman–Crippen LogP) is 3.17. The molecule has 0 aromatic rings. The van der Waals surface area contributed by atoms with E-state index in [4.69, 9.17) is 5.73 Å². The Hall–Kier alpha value is -0.0800. The molecule has 0 aromatic heterocycles. The van der Waals surface area contributed by atoms with E-state index in [0.717, 1.165) is 31.3 Å². The van der Waals surface area contributed by atoms with Crippen molar-refractivity contribution in [2.75, 3.05) is 19.6 Å². The minimum Gasteiger partial charge on any atom is -0.330 e. The molecule has 0 saturated carbocycles. The standard InChI is InChI=1S/C14H32N2/c1-4-6-9-14(5-2)12-16-11-13(3)8-7-10-15/h13-14,16H,4-12,15H2,1-3H3. The van der Waals surface area contributed by atoms with E-state index in [2.05, 4.69) is 26.1 Å². The summed E-state index contributed by atoms with van der Waals surface area (Å²) in [5.74, 6) is 1.65. The third-order valence-electron chi connectivity index (χ3n) is 3.37. The fourth-order valence-corrected chi connectivity index (χ4v) is 2.05. The lowest BCUT2D eigenvalue weighted by molar-refractivity contribution is 0.390. The third-order valence-corrected chi connectivity index (χ3v) is 3.37. The monoisotopic (exact) mass is 228 g/mol. The number of hydrogen-bond acceptors (Lipinski definition) is 2. The van der Waals surface area contributed by atoms with Crippen molar-refractivity contribution in [3.63, 3.8) is 0 Å². The van der Waals surface area contributed by atoms with Crippen LogP contribution in [0.25, 0.3) is 0 Å². The van der Waals surface area contributed by atoms with Gasteiger partial charge in [0.25, 0.3) is 0 Å². The highest BCUT2D eigenvalue weighted by molar-refractivity contribution is 4.63. The van der Waals surface area contributed by atoms with Crippen LogP contribution in [0.1, 0.15) is 59.3 Å². The van der Waals surface area contributed by atoms with Gasteiger partial charge in [0.2, 0.25) is 0 Å². The van der Waals surface area contributed by atoms with Gasteiger partial charge in [-0.1, -0.05) is 40.0 Å². The van der Waals surface area contributed by atoms with Gasteiger partial charge in [-0.3, -0.25) is 0 Å². The highest BCUT2D eigenvalue weighted by Gasteiger charge is 2.06. The first kappa shape index (κ1) is 15.9. The van der Waals surface area contributed by atoms with Gasteiger partial charge in [-0.15, -0.1) is 0 Å². The maximum absolute atomic E-state index is 5.51. The molecule has 0 aliphatic rings. The zero-order valence-corrected chi connectivity index (χ0v) is 11.6. The van der Waals surface area contributed by atoms with E-state index < -0.39 is 0 Å².